The second kappa shape index (κ2) is 1.73. The lowest BCUT2D eigenvalue weighted by Crippen LogP contribution is -2.39. The highest BCUT2D eigenvalue weighted by Crippen LogP contribution is 2.23. The first-order valence-electron chi connectivity index (χ1n) is 2.57. The highest BCUT2D eigenvalue weighted by Gasteiger charge is 2.38. The van der Waals surface area contributed by atoms with Crippen molar-refractivity contribution in [3.8, 4) is 0 Å². The van der Waals surface area contributed by atoms with Crippen molar-refractivity contribution in [2.45, 2.75) is 19.4 Å². The summed E-state index contributed by atoms with van der Waals surface area (Å²) in [6.45, 7) is 3.38. The van der Waals surface area contributed by atoms with Gasteiger partial charge in [-0.05, 0) is 13.8 Å². The van der Waals surface area contributed by atoms with Crippen LogP contribution in [0.2, 0.25) is 0 Å². The van der Waals surface area contributed by atoms with Gasteiger partial charge in [0.15, 0.2) is 0 Å². The van der Waals surface area contributed by atoms with Gasteiger partial charge in [-0.3, -0.25) is 9.59 Å². The molecule has 1 fully saturated rings. The van der Waals surface area contributed by atoms with Crippen LogP contribution in [0.15, 0.2) is 0 Å². The van der Waals surface area contributed by atoms with Crippen molar-refractivity contribution in [2.24, 2.45) is 0 Å². The Balaban J connectivity index is 2.81. The molecular formula is C5H7NO2S. The molecule has 1 rings (SSSR count). The molecule has 0 spiro atoms. The molecule has 1 aliphatic rings. The summed E-state index contributed by atoms with van der Waals surface area (Å²) in [7, 11) is 0. The van der Waals surface area contributed by atoms with Gasteiger partial charge in [-0.1, -0.05) is 0 Å². The fourth-order valence-electron chi connectivity index (χ4n) is 0.543. The predicted octanol–water partition coefficient (Wildman–Crippen LogP) is 0.748. The molecule has 4 heteroatoms. The minimum absolute atomic E-state index is 0.104. The number of hydrogen-bond donors (Lipinski definition) is 1. The van der Waals surface area contributed by atoms with E-state index in [-0.39, 0.29) is 10.4 Å². The van der Waals surface area contributed by atoms with Gasteiger partial charge in [0.25, 0.3) is 5.24 Å². The van der Waals surface area contributed by atoms with Gasteiger partial charge in [-0.15, -0.1) is 0 Å². The Morgan fingerprint density at radius 2 is 2.00 bits per heavy atom. The largest absolute Gasteiger partial charge is 0.334 e. The number of thioether (sulfide) groups is 1. The normalized spacial score (nSPS) is 24.2. The Bertz CT molecular complexity index is 176. The summed E-state index contributed by atoms with van der Waals surface area (Å²) >= 11 is 0.738. The molecule has 0 unspecified atom stereocenters. The third-order valence-corrected chi connectivity index (χ3v) is 2.09. The monoisotopic (exact) mass is 145 g/mol. The molecule has 1 N–H and O–H groups in total. The molecule has 0 aromatic heterocycles. The lowest BCUT2D eigenvalue weighted by molar-refractivity contribution is -0.114. The zero-order valence-electron chi connectivity index (χ0n) is 5.22. The summed E-state index contributed by atoms with van der Waals surface area (Å²) in [5, 5.41) is 2.17. The second-order valence-electron chi connectivity index (χ2n) is 2.43. The quantitative estimate of drug-likeness (QED) is 0.547. The number of nitrogens with one attached hydrogen (secondary N) is 1. The molecule has 0 aliphatic carbocycles. The maximum atomic E-state index is 10.8. The summed E-state index contributed by atoms with van der Waals surface area (Å²) in [6, 6.07) is 0. The Hall–Kier alpha value is -0.510. The Morgan fingerprint density at radius 1 is 1.44 bits per heavy atom. The molecular weight excluding hydrogens is 138 g/mol. The number of carbonyl (C=O) groups is 2. The molecule has 1 heterocycles. The number of hydrogen-bond acceptors (Lipinski definition) is 3. The van der Waals surface area contributed by atoms with Crippen LogP contribution in [0.25, 0.3) is 0 Å². The smallest absolute Gasteiger partial charge is 0.287 e. The first-order valence-corrected chi connectivity index (χ1v) is 3.38. The first kappa shape index (κ1) is 6.61. The molecule has 0 radical (unpaired) electrons. The average molecular weight is 145 g/mol. The molecule has 1 saturated heterocycles. The van der Waals surface area contributed by atoms with Gasteiger partial charge < -0.3 is 5.32 Å². The zero-order valence-corrected chi connectivity index (χ0v) is 6.04. The molecule has 9 heavy (non-hydrogen) atoms. The summed E-state index contributed by atoms with van der Waals surface area (Å²) < 4.78 is 0. The molecule has 1 aliphatic heterocycles. The predicted molar refractivity (Wildman–Crippen MR) is 35.2 cm³/mol. The van der Waals surface area contributed by atoms with Crippen molar-refractivity contribution < 1.29 is 9.59 Å². The summed E-state index contributed by atoms with van der Waals surface area (Å²) in [5.74, 6) is 0. The lowest BCUT2D eigenvalue weighted by atomic mass is 10.1. The van der Waals surface area contributed by atoms with E-state index in [9.17, 15) is 9.59 Å². The van der Waals surface area contributed by atoms with E-state index in [4.69, 9.17) is 0 Å². The SMILES string of the molecule is CC1(C)NC(=O)SC1=O. The second-order valence-corrected chi connectivity index (χ2v) is 3.37. The Morgan fingerprint density at radius 3 is 2.11 bits per heavy atom. The average Bonchev–Trinajstić information content (AvgIpc) is 1.79. The third-order valence-electron chi connectivity index (χ3n) is 1.11. The van der Waals surface area contributed by atoms with Gasteiger partial charge in [0.05, 0.1) is 0 Å². The highest BCUT2D eigenvalue weighted by molar-refractivity contribution is 8.26. The van der Waals surface area contributed by atoms with Crippen molar-refractivity contribution in [2.75, 3.05) is 0 Å². The highest BCUT2D eigenvalue weighted by atomic mass is 32.2. The van der Waals surface area contributed by atoms with E-state index in [1.807, 2.05) is 0 Å². The van der Waals surface area contributed by atoms with Gasteiger partial charge in [-0.25, -0.2) is 0 Å². The van der Waals surface area contributed by atoms with E-state index in [2.05, 4.69) is 5.32 Å². The fraction of sp³-hybridized carbons (Fsp3) is 0.600. The van der Waals surface area contributed by atoms with E-state index in [1.54, 1.807) is 13.8 Å². The van der Waals surface area contributed by atoms with Gasteiger partial charge in [0.1, 0.15) is 5.54 Å². The van der Waals surface area contributed by atoms with Gasteiger partial charge >= 0.3 is 0 Å². The summed E-state index contributed by atoms with van der Waals surface area (Å²) in [6.07, 6.45) is 0. The summed E-state index contributed by atoms with van der Waals surface area (Å²) in [4.78, 5) is 21.3. The van der Waals surface area contributed by atoms with Gasteiger partial charge in [-0.2, -0.15) is 0 Å². The van der Waals surface area contributed by atoms with Crippen LogP contribution >= 0.6 is 11.8 Å². The van der Waals surface area contributed by atoms with Gasteiger partial charge in [0.2, 0.25) is 5.12 Å². The van der Waals surface area contributed by atoms with Crippen LogP contribution in [0.4, 0.5) is 4.79 Å². The number of carbonyl (C=O) groups excluding carboxylic acids is 2. The maximum Gasteiger partial charge on any atom is 0.287 e. The van der Waals surface area contributed by atoms with Crippen LogP contribution in [-0.2, 0) is 4.79 Å². The first-order chi connectivity index (χ1) is 4.02. The van der Waals surface area contributed by atoms with E-state index in [0.29, 0.717) is 0 Å². The molecule has 0 bridgehead atoms. The van der Waals surface area contributed by atoms with Crippen molar-refractivity contribution in [3.05, 3.63) is 0 Å². The third kappa shape index (κ3) is 1.08. The van der Waals surface area contributed by atoms with Crippen molar-refractivity contribution >= 4 is 22.1 Å². The Labute approximate surface area is 57.2 Å². The van der Waals surface area contributed by atoms with E-state index in [1.165, 1.54) is 0 Å². The molecule has 3 nitrogen and oxygen atoms in total. The van der Waals surface area contributed by atoms with Crippen molar-refractivity contribution in [3.63, 3.8) is 0 Å². The van der Waals surface area contributed by atoms with Gasteiger partial charge in [0, 0.05) is 11.8 Å². The van der Waals surface area contributed by atoms with E-state index in [0.717, 1.165) is 11.8 Å². The molecule has 0 aromatic carbocycles. The maximum absolute atomic E-state index is 10.8. The topological polar surface area (TPSA) is 46.2 Å². The van der Waals surface area contributed by atoms with Crippen LogP contribution in [-0.4, -0.2) is 15.9 Å². The lowest BCUT2D eigenvalue weighted by Gasteiger charge is -2.12. The molecule has 0 aromatic rings. The number of amides is 1. The standard InChI is InChI=1S/C5H7NO2S/c1-5(2)3(7)9-4(8)6-5/h1-2H3,(H,6,8). The minimum Gasteiger partial charge on any atom is -0.334 e. The Kier molecular flexibility index (Phi) is 1.27. The van der Waals surface area contributed by atoms with Crippen LogP contribution in [0.5, 0.6) is 0 Å². The van der Waals surface area contributed by atoms with Crippen LogP contribution in [0.1, 0.15) is 13.8 Å². The molecule has 0 saturated carbocycles. The van der Waals surface area contributed by atoms with Crippen molar-refractivity contribution in [1.29, 1.82) is 0 Å². The van der Waals surface area contributed by atoms with Crippen LogP contribution in [0, 0.1) is 0 Å². The fourth-order valence-corrected chi connectivity index (χ4v) is 1.32. The van der Waals surface area contributed by atoms with E-state index >= 15 is 0 Å². The number of rotatable bonds is 0. The van der Waals surface area contributed by atoms with Crippen molar-refractivity contribution in [1.82, 2.24) is 5.32 Å². The minimum atomic E-state index is -0.651. The zero-order chi connectivity index (χ0) is 7.07. The van der Waals surface area contributed by atoms with E-state index < -0.39 is 5.54 Å². The molecule has 50 valence electrons. The molecule has 1 amide bonds. The summed E-state index contributed by atoms with van der Waals surface area (Å²) in [5.41, 5.74) is -0.651. The van der Waals surface area contributed by atoms with Crippen LogP contribution in [0.3, 0.4) is 0 Å². The molecule has 0 atom stereocenters. The van der Waals surface area contributed by atoms with Crippen LogP contribution < -0.4 is 5.32 Å².